The Hall–Kier alpha value is -2.76. The van der Waals surface area contributed by atoms with Crippen molar-refractivity contribution in [3.8, 4) is 16.9 Å². The normalized spacial score (nSPS) is 17.2. The molecule has 0 bridgehead atoms. The number of hydrogen-bond acceptors (Lipinski definition) is 3. The van der Waals surface area contributed by atoms with Crippen molar-refractivity contribution in [2.24, 2.45) is 0 Å². The number of amides is 2. The average molecular weight is 341 g/mol. The second-order valence-electron chi connectivity index (χ2n) is 6.31. The molecule has 0 spiro atoms. The second kappa shape index (κ2) is 7.42. The number of rotatable bonds is 4. The summed E-state index contributed by atoms with van der Waals surface area (Å²) in [6.45, 7) is 2.76. The number of nitrogens with zero attached hydrogens (tertiary/aromatic N) is 1. The summed E-state index contributed by atoms with van der Waals surface area (Å²) in [7, 11) is 1.62. The fourth-order valence-corrected chi connectivity index (χ4v) is 3.31. The van der Waals surface area contributed by atoms with Crippen molar-refractivity contribution in [2.45, 2.75) is 25.8 Å². The van der Waals surface area contributed by atoms with E-state index in [1.165, 1.54) is 6.92 Å². The van der Waals surface area contributed by atoms with Crippen LogP contribution < -0.4 is 10.1 Å². The van der Waals surface area contributed by atoms with E-state index in [4.69, 9.17) is 4.74 Å². The highest BCUT2D eigenvalue weighted by molar-refractivity contribution is 6.01. The van der Waals surface area contributed by atoms with Gasteiger partial charge in [0.25, 0.3) is 5.91 Å². The van der Waals surface area contributed by atoms with E-state index in [0.717, 1.165) is 29.7 Å². The molecule has 6 heteroatoms. The van der Waals surface area contributed by atoms with Crippen molar-refractivity contribution in [2.75, 3.05) is 20.2 Å². The summed E-state index contributed by atoms with van der Waals surface area (Å²) in [6, 6.07) is 7.67. The van der Waals surface area contributed by atoms with Gasteiger partial charge in [-0.25, -0.2) is 0 Å². The Labute approximate surface area is 147 Å². The van der Waals surface area contributed by atoms with Crippen molar-refractivity contribution in [3.05, 3.63) is 42.2 Å². The van der Waals surface area contributed by atoms with Gasteiger partial charge in [0.2, 0.25) is 5.91 Å². The van der Waals surface area contributed by atoms with Crippen LogP contribution in [0.4, 0.5) is 0 Å². The van der Waals surface area contributed by atoms with Crippen LogP contribution in [-0.2, 0) is 4.79 Å². The maximum atomic E-state index is 13.0. The molecule has 1 saturated heterocycles. The van der Waals surface area contributed by atoms with Gasteiger partial charge in [0.15, 0.2) is 0 Å². The molecule has 0 radical (unpaired) electrons. The Bertz CT molecular complexity index is 769. The lowest BCUT2D eigenvalue weighted by Crippen LogP contribution is -2.49. The van der Waals surface area contributed by atoms with Gasteiger partial charge in [0, 0.05) is 44.0 Å². The third-order valence-corrected chi connectivity index (χ3v) is 4.47. The molecule has 2 N–H and O–H groups in total. The average Bonchev–Trinajstić information content (AvgIpc) is 3.10. The van der Waals surface area contributed by atoms with Crippen molar-refractivity contribution in [1.82, 2.24) is 15.2 Å². The Balaban J connectivity index is 1.81. The van der Waals surface area contributed by atoms with E-state index in [1.807, 2.05) is 35.4 Å². The lowest BCUT2D eigenvalue weighted by molar-refractivity contribution is -0.120. The number of carbonyl (C=O) groups excluding carboxylic acids is 2. The standard InChI is InChI=1S/C19H23N3O3/c1-13(23)21-15-6-4-8-22(12-15)19(24)18-11-20-10-17(18)14-5-3-7-16(9-14)25-2/h3,5,7,9-11,15,20H,4,6,8,12H2,1-2H3,(H,21,23)/t15-/m1/s1. The molecule has 25 heavy (non-hydrogen) atoms. The highest BCUT2D eigenvalue weighted by atomic mass is 16.5. The number of hydrogen-bond donors (Lipinski definition) is 2. The van der Waals surface area contributed by atoms with Gasteiger partial charge >= 0.3 is 0 Å². The van der Waals surface area contributed by atoms with Crippen molar-refractivity contribution in [3.63, 3.8) is 0 Å². The first-order valence-electron chi connectivity index (χ1n) is 8.46. The molecule has 0 aliphatic carbocycles. The van der Waals surface area contributed by atoms with Crippen molar-refractivity contribution in [1.29, 1.82) is 0 Å². The molecule has 6 nitrogen and oxygen atoms in total. The van der Waals surface area contributed by atoms with Gasteiger partial charge in [0.05, 0.1) is 12.7 Å². The predicted molar refractivity (Wildman–Crippen MR) is 95.5 cm³/mol. The maximum Gasteiger partial charge on any atom is 0.256 e. The Morgan fingerprint density at radius 2 is 2.16 bits per heavy atom. The highest BCUT2D eigenvalue weighted by Crippen LogP contribution is 2.28. The number of aromatic nitrogens is 1. The molecule has 3 rings (SSSR count). The van der Waals surface area contributed by atoms with E-state index >= 15 is 0 Å². The van der Waals surface area contributed by atoms with Crippen LogP contribution in [-0.4, -0.2) is 47.9 Å². The fourth-order valence-electron chi connectivity index (χ4n) is 3.31. The summed E-state index contributed by atoms with van der Waals surface area (Å²) < 4.78 is 5.27. The molecule has 132 valence electrons. The topological polar surface area (TPSA) is 74.4 Å². The van der Waals surface area contributed by atoms with E-state index < -0.39 is 0 Å². The van der Waals surface area contributed by atoms with Gasteiger partial charge < -0.3 is 19.9 Å². The molecular formula is C19H23N3O3. The molecule has 1 aromatic heterocycles. The molecule has 2 amide bonds. The quantitative estimate of drug-likeness (QED) is 0.897. The largest absolute Gasteiger partial charge is 0.497 e. The Morgan fingerprint density at radius 1 is 1.32 bits per heavy atom. The zero-order valence-corrected chi connectivity index (χ0v) is 14.5. The maximum absolute atomic E-state index is 13.0. The summed E-state index contributed by atoms with van der Waals surface area (Å²) in [5.74, 6) is 0.674. The van der Waals surface area contributed by atoms with Gasteiger partial charge in [-0.2, -0.15) is 0 Å². The Morgan fingerprint density at radius 3 is 2.92 bits per heavy atom. The van der Waals surface area contributed by atoms with Gasteiger partial charge in [-0.05, 0) is 30.5 Å². The molecule has 0 saturated carbocycles. The minimum absolute atomic E-state index is 0.0193. The van der Waals surface area contributed by atoms with E-state index in [9.17, 15) is 9.59 Å². The number of methoxy groups -OCH3 is 1. The van der Waals surface area contributed by atoms with Crippen LogP contribution in [0.5, 0.6) is 5.75 Å². The third-order valence-electron chi connectivity index (χ3n) is 4.47. The lowest BCUT2D eigenvalue weighted by Gasteiger charge is -2.33. The number of carbonyl (C=O) groups is 2. The molecule has 2 heterocycles. The third kappa shape index (κ3) is 3.84. The van der Waals surface area contributed by atoms with E-state index in [-0.39, 0.29) is 17.9 Å². The minimum Gasteiger partial charge on any atom is -0.497 e. The van der Waals surface area contributed by atoms with Crippen LogP contribution in [0.15, 0.2) is 36.7 Å². The SMILES string of the molecule is COc1cccc(-c2c[nH]cc2C(=O)N2CCC[C@@H](NC(C)=O)C2)c1. The second-order valence-corrected chi connectivity index (χ2v) is 6.31. The smallest absolute Gasteiger partial charge is 0.256 e. The number of likely N-dealkylation sites (tertiary alicyclic amines) is 1. The zero-order valence-electron chi connectivity index (χ0n) is 14.5. The predicted octanol–water partition coefficient (Wildman–Crippen LogP) is 2.43. The monoisotopic (exact) mass is 341 g/mol. The first kappa shape index (κ1) is 17.1. The zero-order chi connectivity index (χ0) is 17.8. The first-order chi connectivity index (χ1) is 12.1. The minimum atomic E-state index is -0.0574. The molecule has 1 aliphatic heterocycles. The van der Waals surface area contributed by atoms with Crippen LogP contribution in [0.2, 0.25) is 0 Å². The van der Waals surface area contributed by atoms with Crippen molar-refractivity contribution >= 4 is 11.8 Å². The molecule has 1 fully saturated rings. The van der Waals surface area contributed by atoms with Gasteiger partial charge in [-0.15, -0.1) is 0 Å². The number of ether oxygens (including phenoxy) is 1. The van der Waals surface area contributed by atoms with Crippen LogP contribution >= 0.6 is 0 Å². The molecule has 1 atom stereocenters. The summed E-state index contributed by atoms with van der Waals surface area (Å²) in [5, 5.41) is 2.92. The van der Waals surface area contributed by atoms with Crippen LogP contribution in [0.3, 0.4) is 0 Å². The molecule has 1 aliphatic rings. The number of nitrogens with one attached hydrogen (secondary N) is 2. The van der Waals surface area contributed by atoms with E-state index in [1.54, 1.807) is 13.3 Å². The Kier molecular flexibility index (Phi) is 5.07. The van der Waals surface area contributed by atoms with Crippen LogP contribution in [0, 0.1) is 0 Å². The summed E-state index contributed by atoms with van der Waals surface area (Å²) in [5.41, 5.74) is 2.42. The van der Waals surface area contributed by atoms with E-state index in [2.05, 4.69) is 10.3 Å². The number of piperidine rings is 1. The van der Waals surface area contributed by atoms with Gasteiger partial charge in [0.1, 0.15) is 5.75 Å². The molecule has 0 unspecified atom stereocenters. The summed E-state index contributed by atoms with van der Waals surface area (Å²) >= 11 is 0. The summed E-state index contributed by atoms with van der Waals surface area (Å²) in [4.78, 5) is 29.1. The van der Waals surface area contributed by atoms with Crippen LogP contribution in [0.1, 0.15) is 30.1 Å². The van der Waals surface area contributed by atoms with Gasteiger partial charge in [-0.1, -0.05) is 12.1 Å². The van der Waals surface area contributed by atoms with Crippen molar-refractivity contribution < 1.29 is 14.3 Å². The fraction of sp³-hybridized carbons (Fsp3) is 0.368. The molecule has 2 aromatic rings. The number of aromatic amines is 1. The highest BCUT2D eigenvalue weighted by Gasteiger charge is 2.26. The summed E-state index contributed by atoms with van der Waals surface area (Å²) in [6.07, 6.45) is 5.35. The number of H-pyrrole nitrogens is 1. The molecular weight excluding hydrogens is 318 g/mol. The lowest BCUT2D eigenvalue weighted by atomic mass is 10.0. The van der Waals surface area contributed by atoms with E-state index in [0.29, 0.717) is 18.7 Å². The van der Waals surface area contributed by atoms with Gasteiger partial charge in [-0.3, -0.25) is 9.59 Å². The number of benzene rings is 1. The van der Waals surface area contributed by atoms with Crippen LogP contribution in [0.25, 0.3) is 11.1 Å². The molecule has 1 aromatic carbocycles. The first-order valence-corrected chi connectivity index (χ1v) is 8.46.